The number of aryl methyl sites for hydroxylation is 4. The summed E-state index contributed by atoms with van der Waals surface area (Å²) in [5.41, 5.74) is 5.57. The molecule has 2 rings (SSSR count). The van der Waals surface area contributed by atoms with E-state index in [1.165, 1.54) is 5.56 Å². The molecule has 5 nitrogen and oxygen atoms in total. The summed E-state index contributed by atoms with van der Waals surface area (Å²) in [6.45, 7) is 9.44. The lowest BCUT2D eigenvalue weighted by Gasteiger charge is -2.25. The molecule has 1 atom stereocenters. The molecule has 2 aromatic carbocycles. The zero-order valence-corrected chi connectivity index (χ0v) is 18.7. The van der Waals surface area contributed by atoms with Gasteiger partial charge in [0.25, 0.3) is 0 Å². The second kappa shape index (κ2) is 8.53. The lowest BCUT2D eigenvalue weighted by atomic mass is 9.96. The first-order valence-corrected chi connectivity index (χ1v) is 11.2. The van der Waals surface area contributed by atoms with Crippen LogP contribution in [-0.4, -0.2) is 27.1 Å². The van der Waals surface area contributed by atoms with Crippen molar-refractivity contribution in [3.8, 4) is 0 Å². The number of hydrogen-bond acceptors (Lipinski definition) is 3. The molecule has 0 fully saturated rings. The Morgan fingerprint density at radius 3 is 2.25 bits per heavy atom. The SMILES string of the molecule is Cc1cc(C)c([C@H](C)NC(=O)CN(c2cc(Cl)ccc2C)S(C)(=O)=O)cc1C. The second-order valence-corrected chi connectivity index (χ2v) is 9.63. The number of sulfonamides is 1. The Morgan fingerprint density at radius 2 is 1.64 bits per heavy atom. The Balaban J connectivity index is 2.25. The smallest absolute Gasteiger partial charge is 0.241 e. The first kappa shape index (κ1) is 22.2. The van der Waals surface area contributed by atoms with Crippen LogP contribution in [0, 0.1) is 27.7 Å². The van der Waals surface area contributed by atoms with Crippen LogP contribution in [0.4, 0.5) is 5.69 Å². The summed E-state index contributed by atoms with van der Waals surface area (Å²) < 4.78 is 25.7. The third-order valence-corrected chi connectivity index (χ3v) is 6.22. The number of anilines is 1. The lowest BCUT2D eigenvalue weighted by molar-refractivity contribution is -0.120. The van der Waals surface area contributed by atoms with E-state index in [4.69, 9.17) is 11.6 Å². The Morgan fingerprint density at radius 1 is 1.04 bits per heavy atom. The largest absolute Gasteiger partial charge is 0.348 e. The first-order chi connectivity index (χ1) is 12.9. The number of nitrogens with one attached hydrogen (secondary N) is 1. The topological polar surface area (TPSA) is 66.5 Å². The van der Waals surface area contributed by atoms with Crippen LogP contribution in [-0.2, 0) is 14.8 Å². The van der Waals surface area contributed by atoms with E-state index in [1.54, 1.807) is 25.1 Å². The monoisotopic (exact) mass is 422 g/mol. The van der Waals surface area contributed by atoms with E-state index < -0.39 is 10.0 Å². The van der Waals surface area contributed by atoms with Crippen LogP contribution in [0.5, 0.6) is 0 Å². The van der Waals surface area contributed by atoms with E-state index in [0.717, 1.165) is 32.8 Å². The lowest BCUT2D eigenvalue weighted by Crippen LogP contribution is -2.41. The summed E-state index contributed by atoms with van der Waals surface area (Å²) in [6, 6.07) is 8.88. The number of halogens is 1. The maximum atomic E-state index is 12.7. The number of carbonyl (C=O) groups excluding carboxylic acids is 1. The van der Waals surface area contributed by atoms with Crippen molar-refractivity contribution in [3.05, 3.63) is 63.2 Å². The van der Waals surface area contributed by atoms with Gasteiger partial charge in [0, 0.05) is 5.02 Å². The van der Waals surface area contributed by atoms with Crippen molar-refractivity contribution in [2.24, 2.45) is 0 Å². The molecule has 0 heterocycles. The van der Waals surface area contributed by atoms with Gasteiger partial charge < -0.3 is 5.32 Å². The summed E-state index contributed by atoms with van der Waals surface area (Å²) in [7, 11) is -3.66. The summed E-state index contributed by atoms with van der Waals surface area (Å²) in [6.07, 6.45) is 1.08. The van der Waals surface area contributed by atoms with Crippen LogP contribution in [0.1, 0.15) is 40.8 Å². The van der Waals surface area contributed by atoms with E-state index in [1.807, 2.05) is 27.7 Å². The van der Waals surface area contributed by atoms with E-state index in [0.29, 0.717) is 10.7 Å². The first-order valence-electron chi connectivity index (χ1n) is 9.01. The fourth-order valence-corrected chi connectivity index (χ4v) is 4.25. The molecular weight excluding hydrogens is 396 g/mol. The minimum Gasteiger partial charge on any atom is -0.348 e. The number of amides is 1. The molecule has 0 aromatic heterocycles. The highest BCUT2D eigenvalue weighted by molar-refractivity contribution is 7.92. The molecule has 1 amide bonds. The van der Waals surface area contributed by atoms with E-state index in [2.05, 4.69) is 17.4 Å². The van der Waals surface area contributed by atoms with Gasteiger partial charge in [0.2, 0.25) is 15.9 Å². The maximum absolute atomic E-state index is 12.7. The number of nitrogens with zero attached hydrogens (tertiary/aromatic N) is 1. The number of carbonyl (C=O) groups is 1. The van der Waals surface area contributed by atoms with Crippen LogP contribution >= 0.6 is 11.6 Å². The molecule has 0 saturated heterocycles. The Bertz CT molecular complexity index is 1000. The van der Waals surface area contributed by atoms with Crippen LogP contribution in [0.25, 0.3) is 0 Å². The van der Waals surface area contributed by atoms with Gasteiger partial charge in [-0.3, -0.25) is 9.10 Å². The third-order valence-electron chi connectivity index (χ3n) is 4.85. The van der Waals surface area contributed by atoms with Crippen molar-refractivity contribution < 1.29 is 13.2 Å². The summed E-state index contributed by atoms with van der Waals surface area (Å²) in [5, 5.41) is 3.32. The van der Waals surface area contributed by atoms with Gasteiger partial charge in [-0.1, -0.05) is 29.8 Å². The predicted molar refractivity (Wildman–Crippen MR) is 116 cm³/mol. The number of hydrogen-bond donors (Lipinski definition) is 1. The van der Waals surface area contributed by atoms with Gasteiger partial charge in [-0.05, 0) is 74.6 Å². The normalized spacial score (nSPS) is 12.5. The molecule has 0 aliphatic carbocycles. The number of rotatable bonds is 6. The van der Waals surface area contributed by atoms with Crippen LogP contribution in [0.15, 0.2) is 30.3 Å². The highest BCUT2D eigenvalue weighted by Crippen LogP contribution is 2.26. The highest BCUT2D eigenvalue weighted by Gasteiger charge is 2.24. The molecule has 7 heteroatoms. The molecule has 0 bridgehead atoms. The molecule has 1 N–H and O–H groups in total. The van der Waals surface area contributed by atoms with Crippen molar-refractivity contribution in [3.63, 3.8) is 0 Å². The van der Waals surface area contributed by atoms with Crippen LogP contribution in [0.3, 0.4) is 0 Å². The maximum Gasteiger partial charge on any atom is 0.241 e. The number of benzene rings is 2. The van der Waals surface area contributed by atoms with Gasteiger partial charge in [0.15, 0.2) is 0 Å². The minimum atomic E-state index is -3.66. The molecule has 0 aliphatic rings. The summed E-state index contributed by atoms with van der Waals surface area (Å²) in [5.74, 6) is -0.380. The quantitative estimate of drug-likeness (QED) is 0.757. The predicted octanol–water partition coefficient (Wildman–Crippen LogP) is 4.22. The average molecular weight is 423 g/mol. The third kappa shape index (κ3) is 5.26. The standard InChI is InChI=1S/C21H27ClN2O3S/c1-13-7-8-18(22)11-20(13)24(28(6,26)27)12-21(25)23-17(5)19-10-15(3)14(2)9-16(19)4/h7-11,17H,12H2,1-6H3,(H,23,25)/t17-/m0/s1. The van der Waals surface area contributed by atoms with Crippen molar-refractivity contribution in [2.45, 2.75) is 40.7 Å². The second-order valence-electron chi connectivity index (χ2n) is 7.28. The van der Waals surface area contributed by atoms with Crippen molar-refractivity contribution in [2.75, 3.05) is 17.1 Å². The van der Waals surface area contributed by atoms with Gasteiger partial charge in [-0.15, -0.1) is 0 Å². The van der Waals surface area contributed by atoms with Crippen molar-refractivity contribution in [1.29, 1.82) is 0 Å². The van der Waals surface area contributed by atoms with E-state index in [-0.39, 0.29) is 18.5 Å². The van der Waals surface area contributed by atoms with Crippen molar-refractivity contribution in [1.82, 2.24) is 5.32 Å². The average Bonchev–Trinajstić information content (AvgIpc) is 2.57. The fraction of sp³-hybridized carbons (Fsp3) is 0.381. The molecule has 28 heavy (non-hydrogen) atoms. The summed E-state index contributed by atoms with van der Waals surface area (Å²) >= 11 is 6.03. The van der Waals surface area contributed by atoms with Gasteiger partial charge in [-0.2, -0.15) is 0 Å². The molecule has 0 saturated carbocycles. The van der Waals surface area contributed by atoms with Gasteiger partial charge >= 0.3 is 0 Å². The Kier molecular flexibility index (Phi) is 6.78. The molecule has 0 spiro atoms. The van der Waals surface area contributed by atoms with Crippen LogP contribution in [0.2, 0.25) is 5.02 Å². The Hall–Kier alpha value is -2.05. The molecule has 0 aliphatic heterocycles. The molecule has 2 aromatic rings. The van der Waals surface area contributed by atoms with Gasteiger partial charge in [0.05, 0.1) is 18.0 Å². The molecule has 0 unspecified atom stereocenters. The zero-order chi connectivity index (χ0) is 21.2. The fourth-order valence-electron chi connectivity index (χ4n) is 3.18. The molecule has 0 radical (unpaired) electrons. The molecular formula is C21H27ClN2O3S. The highest BCUT2D eigenvalue weighted by atomic mass is 35.5. The molecule has 152 valence electrons. The van der Waals surface area contributed by atoms with Gasteiger partial charge in [-0.25, -0.2) is 8.42 Å². The summed E-state index contributed by atoms with van der Waals surface area (Å²) in [4.78, 5) is 12.7. The van der Waals surface area contributed by atoms with Crippen LogP contribution < -0.4 is 9.62 Å². The van der Waals surface area contributed by atoms with Crippen molar-refractivity contribution >= 4 is 33.2 Å². The van der Waals surface area contributed by atoms with Gasteiger partial charge in [0.1, 0.15) is 6.54 Å². The minimum absolute atomic E-state index is 0.242. The Labute approximate surface area is 172 Å². The zero-order valence-electron chi connectivity index (χ0n) is 17.1. The van der Waals surface area contributed by atoms with E-state index >= 15 is 0 Å². The van der Waals surface area contributed by atoms with E-state index in [9.17, 15) is 13.2 Å².